The van der Waals surface area contributed by atoms with Gasteiger partial charge in [-0.25, -0.2) is 0 Å². The van der Waals surface area contributed by atoms with Crippen LogP contribution in [0.3, 0.4) is 0 Å². The number of aliphatic imine (C=N–C) groups is 1. The van der Waals surface area contributed by atoms with Gasteiger partial charge in [-0.2, -0.15) is 0 Å². The number of ketones is 1. The maximum absolute atomic E-state index is 12.6. The summed E-state index contributed by atoms with van der Waals surface area (Å²) in [4.78, 5) is 40.7. The number of halogens is 1. The Morgan fingerprint density at radius 1 is 1.21 bits per heavy atom. The number of nitrogens with zero attached hydrogens (tertiary/aromatic N) is 1. The van der Waals surface area contributed by atoms with Gasteiger partial charge in [0.1, 0.15) is 5.75 Å². The molecule has 2 aromatic carbocycles. The average Bonchev–Trinajstić information content (AvgIpc) is 3.27. The minimum absolute atomic E-state index is 0.0897. The number of anilines is 1. The lowest BCUT2D eigenvalue weighted by molar-refractivity contribution is -0.137. The minimum Gasteiger partial charge on any atom is -0.507 e. The van der Waals surface area contributed by atoms with Crippen molar-refractivity contribution in [3.8, 4) is 5.75 Å². The van der Waals surface area contributed by atoms with Crippen molar-refractivity contribution in [2.75, 3.05) is 25.0 Å². The molecule has 0 spiro atoms. The van der Waals surface area contributed by atoms with Gasteiger partial charge in [-0.1, -0.05) is 17.7 Å². The van der Waals surface area contributed by atoms with E-state index in [0.29, 0.717) is 39.9 Å². The molecule has 1 atom stereocenters. The maximum atomic E-state index is 12.6. The summed E-state index contributed by atoms with van der Waals surface area (Å²) >= 11 is 6.06. The van der Waals surface area contributed by atoms with Gasteiger partial charge in [-0.05, 0) is 48.4 Å². The second-order valence-corrected chi connectivity index (χ2v) is 8.18. The number of carbonyl (C=O) groups is 3. The molecule has 0 aliphatic carbocycles. The molecule has 33 heavy (non-hydrogen) atoms. The molecule has 0 radical (unpaired) electrons. The fraction of sp³-hybridized carbons (Fsp3) is 0.304. The quantitative estimate of drug-likeness (QED) is 0.378. The zero-order valence-electron chi connectivity index (χ0n) is 18.0. The Bertz CT molecular complexity index is 1100. The van der Waals surface area contributed by atoms with E-state index in [1.165, 1.54) is 6.07 Å². The van der Waals surface area contributed by atoms with E-state index in [4.69, 9.17) is 11.6 Å². The van der Waals surface area contributed by atoms with E-state index >= 15 is 0 Å². The molecule has 174 valence electrons. The van der Waals surface area contributed by atoms with E-state index in [2.05, 4.69) is 20.9 Å². The Hall–Kier alpha value is -3.59. The lowest BCUT2D eigenvalue weighted by Crippen LogP contribution is -2.30. The molecule has 2 aromatic rings. The molecule has 1 amide bonds. The Morgan fingerprint density at radius 2 is 2.00 bits per heavy atom. The fourth-order valence-electron chi connectivity index (χ4n) is 3.56. The highest BCUT2D eigenvalue weighted by molar-refractivity contribution is 6.30. The number of rotatable bonds is 9. The van der Waals surface area contributed by atoms with Crippen LogP contribution in [0.5, 0.6) is 5.75 Å². The molecule has 0 saturated heterocycles. The number of aryl methyl sites for hydroxylation is 1. The van der Waals surface area contributed by atoms with E-state index in [9.17, 15) is 24.6 Å². The summed E-state index contributed by atoms with van der Waals surface area (Å²) < 4.78 is 0. The van der Waals surface area contributed by atoms with Gasteiger partial charge in [0, 0.05) is 35.2 Å². The zero-order chi connectivity index (χ0) is 24.0. The first kappa shape index (κ1) is 24.1. The highest BCUT2D eigenvalue weighted by atomic mass is 35.5. The first-order valence-electron chi connectivity index (χ1n) is 10.4. The third-order valence-electron chi connectivity index (χ3n) is 5.14. The predicted molar refractivity (Wildman–Crippen MR) is 125 cm³/mol. The molecular formula is C23H25ClN4O5. The van der Waals surface area contributed by atoms with E-state index in [1.54, 1.807) is 37.3 Å². The molecule has 0 unspecified atom stereocenters. The SMILES string of the molecule is Cc1cc(Cl)cc([C@@H](CC(=O)O)CC(=O)CNC(=O)c2cccc(NC3=NCCN3)c2)c1O. The van der Waals surface area contributed by atoms with E-state index in [-0.39, 0.29) is 30.9 Å². The standard InChI is InChI=1S/C23H25ClN4O5/c1-13-7-16(24)11-19(21(13)32)15(10-20(30)31)9-18(29)12-27-22(33)14-3-2-4-17(8-14)28-23-25-5-6-26-23/h2-4,7-8,11,15,32H,5-6,9-10,12H2,1H3,(H,27,33)(H,30,31)(H2,25,26,28)/t15-/m1/s1. The van der Waals surface area contributed by atoms with Crippen LogP contribution in [0.4, 0.5) is 5.69 Å². The number of phenolic OH excluding ortho intramolecular Hbond substituents is 1. The minimum atomic E-state index is -1.11. The fourth-order valence-corrected chi connectivity index (χ4v) is 3.84. The smallest absolute Gasteiger partial charge is 0.303 e. The largest absolute Gasteiger partial charge is 0.507 e. The van der Waals surface area contributed by atoms with Crippen molar-refractivity contribution < 1.29 is 24.6 Å². The highest BCUT2D eigenvalue weighted by Crippen LogP contribution is 2.35. The lowest BCUT2D eigenvalue weighted by Gasteiger charge is -2.18. The van der Waals surface area contributed by atoms with Gasteiger partial charge >= 0.3 is 5.97 Å². The van der Waals surface area contributed by atoms with E-state index in [0.717, 1.165) is 6.54 Å². The predicted octanol–water partition coefficient (Wildman–Crippen LogP) is 2.67. The number of aromatic hydroxyl groups is 1. The summed E-state index contributed by atoms with van der Waals surface area (Å²) in [6.07, 6.45) is -0.536. The molecule has 0 aromatic heterocycles. The number of hydrogen-bond donors (Lipinski definition) is 5. The average molecular weight is 473 g/mol. The molecule has 0 fully saturated rings. The number of aliphatic carboxylic acids is 1. The van der Waals surface area contributed by atoms with Gasteiger partial charge in [-0.3, -0.25) is 19.4 Å². The van der Waals surface area contributed by atoms with Gasteiger partial charge in [0.05, 0.1) is 19.5 Å². The molecule has 1 aliphatic heterocycles. The normalized spacial score (nSPS) is 13.6. The van der Waals surface area contributed by atoms with Gasteiger partial charge in [-0.15, -0.1) is 0 Å². The van der Waals surface area contributed by atoms with Crippen LogP contribution >= 0.6 is 11.6 Å². The van der Waals surface area contributed by atoms with Crippen LogP contribution in [-0.4, -0.2) is 53.5 Å². The van der Waals surface area contributed by atoms with Crippen molar-refractivity contribution in [2.45, 2.75) is 25.7 Å². The second kappa shape index (κ2) is 10.8. The van der Waals surface area contributed by atoms with Crippen LogP contribution in [0.15, 0.2) is 41.4 Å². The zero-order valence-corrected chi connectivity index (χ0v) is 18.8. The first-order chi connectivity index (χ1) is 15.7. The van der Waals surface area contributed by atoms with Crippen LogP contribution in [0, 0.1) is 6.92 Å². The molecule has 1 aliphatic rings. The maximum Gasteiger partial charge on any atom is 0.303 e. The number of amides is 1. The monoisotopic (exact) mass is 472 g/mol. The summed E-state index contributed by atoms with van der Waals surface area (Å²) in [5, 5.41) is 28.7. The third-order valence-corrected chi connectivity index (χ3v) is 5.36. The molecule has 0 bridgehead atoms. The summed E-state index contributed by atoms with van der Waals surface area (Å²) in [5.74, 6) is -2.16. The third kappa shape index (κ3) is 6.69. The number of guanidine groups is 1. The van der Waals surface area contributed by atoms with Crippen LogP contribution in [0.1, 0.15) is 40.2 Å². The Labute approximate surface area is 195 Å². The van der Waals surface area contributed by atoms with Crippen molar-refractivity contribution in [3.63, 3.8) is 0 Å². The molecule has 0 saturated carbocycles. The van der Waals surface area contributed by atoms with Crippen molar-refractivity contribution >= 4 is 40.9 Å². The number of carbonyl (C=O) groups excluding carboxylic acids is 2. The molecule has 9 nitrogen and oxygen atoms in total. The highest BCUT2D eigenvalue weighted by Gasteiger charge is 2.24. The van der Waals surface area contributed by atoms with Crippen molar-refractivity contribution in [1.82, 2.24) is 10.6 Å². The van der Waals surface area contributed by atoms with Gasteiger partial charge in [0.2, 0.25) is 0 Å². The number of nitrogens with one attached hydrogen (secondary N) is 3. The first-order valence-corrected chi connectivity index (χ1v) is 10.8. The van der Waals surface area contributed by atoms with Crippen LogP contribution in [0.25, 0.3) is 0 Å². The Morgan fingerprint density at radius 3 is 2.70 bits per heavy atom. The topological polar surface area (TPSA) is 140 Å². The van der Waals surface area contributed by atoms with Gasteiger partial charge < -0.3 is 26.2 Å². The molecule has 3 rings (SSSR count). The summed E-state index contributed by atoms with van der Waals surface area (Å²) in [6.45, 7) is 2.80. The molecule has 5 N–H and O–H groups in total. The number of Topliss-reactive ketones (excluding diaryl/α,β-unsaturated/α-hetero) is 1. The van der Waals surface area contributed by atoms with Crippen molar-refractivity contribution in [1.29, 1.82) is 0 Å². The van der Waals surface area contributed by atoms with Crippen LogP contribution in [-0.2, 0) is 9.59 Å². The van der Waals surface area contributed by atoms with Gasteiger partial charge in [0.25, 0.3) is 5.91 Å². The number of phenols is 1. The summed E-state index contributed by atoms with van der Waals surface area (Å²) in [6, 6.07) is 9.78. The van der Waals surface area contributed by atoms with Gasteiger partial charge in [0.15, 0.2) is 11.7 Å². The number of hydrogen-bond acceptors (Lipinski definition) is 7. The number of carboxylic acid groups (broad SMARTS) is 1. The number of carboxylic acids is 1. The summed E-state index contributed by atoms with van der Waals surface area (Å²) in [7, 11) is 0. The Kier molecular flexibility index (Phi) is 7.89. The van der Waals surface area contributed by atoms with E-state index < -0.39 is 17.8 Å². The van der Waals surface area contributed by atoms with Crippen LogP contribution in [0.2, 0.25) is 5.02 Å². The van der Waals surface area contributed by atoms with Crippen LogP contribution < -0.4 is 16.0 Å². The summed E-state index contributed by atoms with van der Waals surface area (Å²) in [5.41, 5.74) is 1.82. The van der Waals surface area contributed by atoms with Crippen molar-refractivity contribution in [2.24, 2.45) is 4.99 Å². The van der Waals surface area contributed by atoms with E-state index in [1.807, 2.05) is 0 Å². The Balaban J connectivity index is 1.63. The number of benzene rings is 2. The lowest BCUT2D eigenvalue weighted by atomic mass is 9.89. The second-order valence-electron chi connectivity index (χ2n) is 7.74. The molecular weight excluding hydrogens is 448 g/mol. The molecule has 1 heterocycles. The molecule has 10 heteroatoms. The van der Waals surface area contributed by atoms with Crippen molar-refractivity contribution in [3.05, 3.63) is 58.1 Å².